The molecule has 0 aliphatic heterocycles. The van der Waals surface area contributed by atoms with Crippen molar-refractivity contribution in [3.8, 4) is 16.9 Å². The van der Waals surface area contributed by atoms with E-state index in [-0.39, 0.29) is 17.6 Å². The van der Waals surface area contributed by atoms with E-state index in [0.717, 1.165) is 24.0 Å². The topological polar surface area (TPSA) is 110 Å². The molecule has 2 heterocycles. The van der Waals surface area contributed by atoms with Gasteiger partial charge in [0, 0.05) is 41.9 Å². The number of hydrogen-bond acceptors (Lipinski definition) is 7. The monoisotopic (exact) mass is 492 g/mol. The third-order valence-corrected chi connectivity index (χ3v) is 7.19. The minimum Gasteiger partial charge on any atom is -0.494 e. The summed E-state index contributed by atoms with van der Waals surface area (Å²) in [5.41, 5.74) is 3.76. The lowest BCUT2D eigenvalue weighted by Gasteiger charge is -2.18. The summed E-state index contributed by atoms with van der Waals surface area (Å²) in [6.45, 7) is 5.16. The molecule has 2 N–H and O–H groups in total. The van der Waals surface area contributed by atoms with E-state index < -0.39 is 7.14 Å². The number of hydrogen-bond donors (Lipinski definition) is 2. The summed E-state index contributed by atoms with van der Waals surface area (Å²) in [7, 11) is -0.888. The maximum atomic E-state index is 12.6. The Labute approximate surface area is 204 Å². The smallest absolute Gasteiger partial charge is 0.228 e. The number of pyridine rings is 2. The highest BCUT2D eigenvalue weighted by Crippen LogP contribution is 2.39. The first kappa shape index (κ1) is 24.6. The molecular weight excluding hydrogens is 463 g/mol. The van der Waals surface area contributed by atoms with Gasteiger partial charge in [0.05, 0.1) is 29.5 Å². The molecule has 1 amide bonds. The molecule has 0 unspecified atom stereocenters. The van der Waals surface area contributed by atoms with Crippen LogP contribution in [0.2, 0.25) is 0 Å². The van der Waals surface area contributed by atoms with Crippen LogP contribution in [0.3, 0.4) is 0 Å². The number of ether oxygens (including phenoxy) is 1. The molecule has 4 rings (SSSR count). The lowest BCUT2D eigenvalue weighted by Crippen LogP contribution is -2.15. The van der Waals surface area contributed by atoms with Crippen molar-refractivity contribution in [2.45, 2.75) is 26.2 Å². The van der Waals surface area contributed by atoms with Crippen LogP contribution in [0.25, 0.3) is 11.1 Å². The first-order valence-electron chi connectivity index (χ1n) is 11.5. The van der Waals surface area contributed by atoms with Gasteiger partial charge in [-0.1, -0.05) is 25.1 Å². The molecule has 0 saturated heterocycles. The van der Waals surface area contributed by atoms with Crippen LogP contribution in [-0.4, -0.2) is 42.1 Å². The lowest BCUT2D eigenvalue weighted by atomic mass is 10.0. The Balaban J connectivity index is 1.70. The molecular formula is C26H29N4O4P. The number of aromatic nitrogens is 2. The summed E-state index contributed by atoms with van der Waals surface area (Å²) in [4.78, 5) is 33.5. The third-order valence-electron chi connectivity index (χ3n) is 5.82. The number of nitrogens with one attached hydrogen (secondary N) is 2. The lowest BCUT2D eigenvalue weighted by molar-refractivity contribution is -0.117. The van der Waals surface area contributed by atoms with Gasteiger partial charge in [-0.2, -0.15) is 0 Å². The molecule has 0 radical (unpaired) electrons. The zero-order valence-corrected chi connectivity index (χ0v) is 21.2. The Bertz CT molecular complexity index is 1310. The molecule has 0 spiro atoms. The second-order valence-corrected chi connectivity index (χ2v) is 12.1. The van der Waals surface area contributed by atoms with Gasteiger partial charge in [0.1, 0.15) is 18.7 Å². The Hall–Kier alpha value is -3.51. The largest absolute Gasteiger partial charge is 0.494 e. The Morgan fingerprint density at radius 3 is 2.46 bits per heavy atom. The van der Waals surface area contributed by atoms with Crippen LogP contribution in [0.1, 0.15) is 36.5 Å². The number of benzene rings is 1. The fourth-order valence-electron chi connectivity index (χ4n) is 3.71. The molecule has 3 aromatic rings. The number of Topliss-reactive ketones (excluding diaryl/α,β-unsaturated/α-hetero) is 1. The van der Waals surface area contributed by atoms with Crippen molar-refractivity contribution in [1.82, 2.24) is 9.97 Å². The van der Waals surface area contributed by atoms with E-state index in [2.05, 4.69) is 20.6 Å². The molecule has 9 heteroatoms. The fourth-order valence-corrected chi connectivity index (χ4v) is 4.47. The van der Waals surface area contributed by atoms with Gasteiger partial charge in [0.2, 0.25) is 5.91 Å². The van der Waals surface area contributed by atoms with Gasteiger partial charge in [-0.05, 0) is 38.3 Å². The minimum atomic E-state index is -2.46. The average molecular weight is 493 g/mol. The Morgan fingerprint density at radius 2 is 1.86 bits per heavy atom. The molecule has 35 heavy (non-hydrogen) atoms. The maximum Gasteiger partial charge on any atom is 0.228 e. The summed E-state index contributed by atoms with van der Waals surface area (Å²) >= 11 is 0. The molecule has 0 atom stereocenters. The standard InChI is InChI=1S/C26H29N4O4P/c1-5-22(31)19-15-27-23(30-26(32)16-9-10-16)13-21(19)29-20-8-6-7-18(25(20)34-2)17-11-12-24(28-14-17)35(3,4)33/h6-8,11-16H,5,9-10H2,1-4H3,(H2,27,29,30,32). The number of methoxy groups -OCH3 is 1. The number of anilines is 3. The quantitative estimate of drug-likeness (QED) is 0.316. The minimum absolute atomic E-state index is 0.0382. The third kappa shape index (κ3) is 5.60. The second kappa shape index (κ2) is 10.0. The highest BCUT2D eigenvalue weighted by atomic mass is 31.2. The van der Waals surface area contributed by atoms with Crippen molar-refractivity contribution < 1.29 is 18.9 Å². The number of carbonyl (C=O) groups excluding carboxylic acids is 2. The predicted molar refractivity (Wildman–Crippen MR) is 139 cm³/mol. The predicted octanol–water partition coefficient (Wildman–Crippen LogP) is 5.09. The second-order valence-electron chi connectivity index (χ2n) is 8.92. The normalized spacial score (nSPS) is 13.3. The zero-order chi connectivity index (χ0) is 25.2. The van der Waals surface area contributed by atoms with Gasteiger partial charge in [0.25, 0.3) is 0 Å². The van der Waals surface area contributed by atoms with E-state index in [1.807, 2.05) is 24.3 Å². The molecule has 8 nitrogen and oxygen atoms in total. The van der Waals surface area contributed by atoms with E-state index in [0.29, 0.717) is 40.4 Å². The summed E-state index contributed by atoms with van der Waals surface area (Å²) in [6.07, 6.45) is 5.26. The van der Waals surface area contributed by atoms with E-state index in [9.17, 15) is 14.2 Å². The number of carbonyl (C=O) groups is 2. The molecule has 1 saturated carbocycles. The van der Waals surface area contributed by atoms with Crippen molar-refractivity contribution in [2.24, 2.45) is 5.92 Å². The summed E-state index contributed by atoms with van der Waals surface area (Å²) in [5, 5.41) is 6.14. The van der Waals surface area contributed by atoms with Crippen molar-refractivity contribution in [2.75, 3.05) is 31.1 Å². The van der Waals surface area contributed by atoms with Gasteiger partial charge in [-0.3, -0.25) is 14.6 Å². The van der Waals surface area contributed by atoms with E-state index >= 15 is 0 Å². The number of ketones is 1. The number of para-hydroxylation sites is 1. The molecule has 1 aliphatic carbocycles. The van der Waals surface area contributed by atoms with Gasteiger partial charge in [0.15, 0.2) is 5.78 Å². The molecule has 1 aromatic carbocycles. The molecule has 182 valence electrons. The van der Waals surface area contributed by atoms with Crippen LogP contribution in [0, 0.1) is 5.92 Å². The number of amides is 1. The van der Waals surface area contributed by atoms with E-state index in [1.54, 1.807) is 45.7 Å². The van der Waals surface area contributed by atoms with Crippen LogP contribution in [-0.2, 0) is 9.36 Å². The Morgan fingerprint density at radius 1 is 1.09 bits per heavy atom. The Kier molecular flexibility index (Phi) is 7.03. The number of nitrogens with zero attached hydrogens (tertiary/aromatic N) is 2. The van der Waals surface area contributed by atoms with Gasteiger partial charge in [-0.25, -0.2) is 4.98 Å². The highest BCUT2D eigenvalue weighted by molar-refractivity contribution is 7.69. The summed E-state index contributed by atoms with van der Waals surface area (Å²) in [5.74, 6) is 0.857. The maximum absolute atomic E-state index is 12.6. The fraction of sp³-hybridized carbons (Fsp3) is 0.308. The van der Waals surface area contributed by atoms with E-state index in [1.165, 1.54) is 6.20 Å². The van der Waals surface area contributed by atoms with Crippen LogP contribution in [0.15, 0.2) is 48.8 Å². The van der Waals surface area contributed by atoms with Crippen molar-refractivity contribution in [3.05, 3.63) is 54.4 Å². The first-order valence-corrected chi connectivity index (χ1v) is 14.1. The van der Waals surface area contributed by atoms with Crippen molar-refractivity contribution in [3.63, 3.8) is 0 Å². The molecule has 1 fully saturated rings. The van der Waals surface area contributed by atoms with Crippen LogP contribution < -0.4 is 20.8 Å². The first-order chi connectivity index (χ1) is 16.7. The van der Waals surface area contributed by atoms with Gasteiger partial charge >= 0.3 is 0 Å². The van der Waals surface area contributed by atoms with Crippen molar-refractivity contribution in [1.29, 1.82) is 0 Å². The van der Waals surface area contributed by atoms with Crippen molar-refractivity contribution >= 4 is 41.5 Å². The average Bonchev–Trinajstić information content (AvgIpc) is 3.69. The van der Waals surface area contributed by atoms with Crippen LogP contribution in [0.4, 0.5) is 17.2 Å². The van der Waals surface area contributed by atoms with E-state index in [4.69, 9.17) is 4.74 Å². The van der Waals surface area contributed by atoms with Crippen LogP contribution in [0.5, 0.6) is 5.75 Å². The SMILES string of the molecule is CCC(=O)c1cnc(NC(=O)C2CC2)cc1Nc1cccc(-c2ccc(P(C)(C)=O)nc2)c1OC. The summed E-state index contributed by atoms with van der Waals surface area (Å²) in [6, 6.07) is 10.9. The van der Waals surface area contributed by atoms with Crippen LogP contribution >= 0.6 is 7.14 Å². The highest BCUT2D eigenvalue weighted by Gasteiger charge is 2.30. The van der Waals surface area contributed by atoms with Gasteiger partial charge in [-0.15, -0.1) is 0 Å². The molecule has 2 aromatic heterocycles. The molecule has 1 aliphatic rings. The molecule has 0 bridgehead atoms. The number of rotatable bonds is 9. The summed E-state index contributed by atoms with van der Waals surface area (Å²) < 4.78 is 18.1. The zero-order valence-electron chi connectivity index (χ0n) is 20.3. The van der Waals surface area contributed by atoms with Gasteiger partial charge < -0.3 is 19.9 Å².